The minimum absolute atomic E-state index is 0.0200. The fraction of sp³-hybridized carbons (Fsp3) is 0.500. The summed E-state index contributed by atoms with van der Waals surface area (Å²) in [6.07, 6.45) is 0.749. The van der Waals surface area contributed by atoms with Gasteiger partial charge in [-0.2, -0.15) is 0 Å². The number of aliphatic hydroxyl groups excluding tert-OH is 1. The van der Waals surface area contributed by atoms with Gasteiger partial charge in [0.05, 0.1) is 12.0 Å². The third kappa shape index (κ3) is 4.48. The summed E-state index contributed by atoms with van der Waals surface area (Å²) in [6, 6.07) is 2.85. The Hall–Kier alpha value is -2.02. The van der Waals surface area contributed by atoms with Crippen LogP contribution in [0.15, 0.2) is 18.2 Å². The third-order valence-electron chi connectivity index (χ3n) is 3.79. The van der Waals surface area contributed by atoms with E-state index < -0.39 is 23.7 Å². The number of nitrogens with zero attached hydrogens (tertiary/aromatic N) is 1. The van der Waals surface area contributed by atoms with Gasteiger partial charge in [0.2, 0.25) is 11.8 Å². The van der Waals surface area contributed by atoms with Crippen molar-refractivity contribution >= 4 is 17.5 Å². The van der Waals surface area contributed by atoms with Gasteiger partial charge in [-0.1, -0.05) is 13.3 Å². The second-order valence-corrected chi connectivity index (χ2v) is 5.72. The maximum absolute atomic E-state index is 13.3. The van der Waals surface area contributed by atoms with Crippen molar-refractivity contribution < 1.29 is 23.5 Å². The first kappa shape index (κ1) is 17.3. The fourth-order valence-electron chi connectivity index (χ4n) is 2.63. The Bertz CT molecular complexity index is 574. The number of anilines is 1. The molecule has 0 bridgehead atoms. The summed E-state index contributed by atoms with van der Waals surface area (Å²) in [6.45, 7) is 2.13. The first-order chi connectivity index (χ1) is 10.9. The Morgan fingerprint density at radius 3 is 2.65 bits per heavy atom. The Labute approximate surface area is 133 Å². The van der Waals surface area contributed by atoms with Crippen LogP contribution in [0.5, 0.6) is 0 Å². The zero-order valence-electron chi connectivity index (χ0n) is 12.9. The molecule has 0 aliphatic carbocycles. The summed E-state index contributed by atoms with van der Waals surface area (Å²) in [5, 5.41) is 12.2. The van der Waals surface area contributed by atoms with Crippen molar-refractivity contribution in [3.8, 4) is 0 Å². The summed E-state index contributed by atoms with van der Waals surface area (Å²) >= 11 is 0. The van der Waals surface area contributed by atoms with Crippen molar-refractivity contribution in [3.63, 3.8) is 0 Å². The van der Waals surface area contributed by atoms with E-state index in [9.17, 15) is 23.5 Å². The highest BCUT2D eigenvalue weighted by Crippen LogP contribution is 2.26. The molecule has 126 valence electrons. The van der Waals surface area contributed by atoms with Crippen LogP contribution < -0.4 is 10.2 Å². The van der Waals surface area contributed by atoms with Crippen molar-refractivity contribution in [2.45, 2.75) is 32.3 Å². The van der Waals surface area contributed by atoms with E-state index in [4.69, 9.17) is 0 Å². The van der Waals surface area contributed by atoms with E-state index in [2.05, 4.69) is 5.32 Å². The zero-order valence-corrected chi connectivity index (χ0v) is 12.9. The average Bonchev–Trinajstić information content (AvgIpc) is 2.86. The predicted molar refractivity (Wildman–Crippen MR) is 80.7 cm³/mol. The highest BCUT2D eigenvalue weighted by molar-refractivity contribution is 6.00. The van der Waals surface area contributed by atoms with E-state index in [-0.39, 0.29) is 37.0 Å². The number of rotatable bonds is 6. The van der Waals surface area contributed by atoms with Crippen LogP contribution in [0.1, 0.15) is 26.2 Å². The molecule has 1 heterocycles. The molecule has 5 nitrogen and oxygen atoms in total. The second-order valence-electron chi connectivity index (χ2n) is 5.72. The average molecular weight is 326 g/mol. The predicted octanol–water partition coefficient (Wildman–Crippen LogP) is 1.59. The molecule has 0 radical (unpaired) electrons. The number of carbonyl (C=O) groups is 2. The van der Waals surface area contributed by atoms with E-state index in [1.165, 1.54) is 4.90 Å². The lowest BCUT2D eigenvalue weighted by Crippen LogP contribution is -2.37. The standard InChI is InChI=1S/C16H20F2N2O3/c1-2-3-14(21)8-19-16(23)10-4-15(22)20(9-10)13-6-11(17)5-12(18)7-13/h5-7,10,14,21H,2-4,8-9H2,1H3,(H,19,23). The van der Waals surface area contributed by atoms with E-state index >= 15 is 0 Å². The van der Waals surface area contributed by atoms with Gasteiger partial charge >= 0.3 is 0 Å². The number of hydrogen-bond donors (Lipinski definition) is 2. The Morgan fingerprint density at radius 2 is 2.04 bits per heavy atom. The molecule has 1 aromatic rings. The molecule has 7 heteroatoms. The van der Waals surface area contributed by atoms with Crippen LogP contribution in [0.2, 0.25) is 0 Å². The van der Waals surface area contributed by atoms with Crippen molar-refractivity contribution in [1.82, 2.24) is 5.32 Å². The van der Waals surface area contributed by atoms with E-state index in [0.29, 0.717) is 6.42 Å². The number of hydrogen-bond acceptors (Lipinski definition) is 3. The maximum Gasteiger partial charge on any atom is 0.227 e. The van der Waals surface area contributed by atoms with Gasteiger partial charge in [-0.15, -0.1) is 0 Å². The Morgan fingerprint density at radius 1 is 1.39 bits per heavy atom. The van der Waals surface area contributed by atoms with Gasteiger partial charge in [0.1, 0.15) is 11.6 Å². The van der Waals surface area contributed by atoms with E-state index in [1.807, 2.05) is 6.92 Å². The van der Waals surface area contributed by atoms with Crippen LogP contribution in [-0.2, 0) is 9.59 Å². The molecule has 2 unspecified atom stereocenters. The van der Waals surface area contributed by atoms with Gasteiger partial charge < -0.3 is 15.3 Å². The molecule has 2 N–H and O–H groups in total. The third-order valence-corrected chi connectivity index (χ3v) is 3.79. The summed E-state index contributed by atoms with van der Waals surface area (Å²) in [7, 11) is 0. The molecule has 2 rings (SSSR count). The number of halogens is 2. The molecule has 0 saturated carbocycles. The number of amides is 2. The minimum atomic E-state index is -0.775. The van der Waals surface area contributed by atoms with Crippen molar-refractivity contribution in [1.29, 1.82) is 0 Å². The molecule has 0 aromatic heterocycles. The van der Waals surface area contributed by atoms with Gasteiger partial charge in [-0.05, 0) is 18.6 Å². The molecule has 0 spiro atoms. The van der Waals surface area contributed by atoms with Crippen molar-refractivity contribution in [3.05, 3.63) is 29.8 Å². The summed E-state index contributed by atoms with van der Waals surface area (Å²) < 4.78 is 26.5. The van der Waals surface area contributed by atoms with Gasteiger partial charge in [-0.3, -0.25) is 9.59 Å². The highest BCUT2D eigenvalue weighted by Gasteiger charge is 2.35. The van der Waals surface area contributed by atoms with Crippen LogP contribution in [0.3, 0.4) is 0 Å². The lowest BCUT2D eigenvalue weighted by atomic mass is 10.1. The second kappa shape index (κ2) is 7.50. The first-order valence-electron chi connectivity index (χ1n) is 7.63. The molecule has 2 amide bonds. The molecular weight excluding hydrogens is 306 g/mol. The van der Waals surface area contributed by atoms with Crippen molar-refractivity contribution in [2.75, 3.05) is 18.0 Å². The van der Waals surface area contributed by atoms with Gasteiger partial charge in [-0.25, -0.2) is 8.78 Å². The molecule has 1 saturated heterocycles. The molecule has 1 aromatic carbocycles. The fourth-order valence-corrected chi connectivity index (χ4v) is 2.63. The van der Waals surface area contributed by atoms with Gasteiger partial charge in [0, 0.05) is 31.3 Å². The minimum Gasteiger partial charge on any atom is -0.391 e. The lowest BCUT2D eigenvalue weighted by Gasteiger charge is -2.17. The highest BCUT2D eigenvalue weighted by atomic mass is 19.1. The van der Waals surface area contributed by atoms with Crippen LogP contribution in [0.25, 0.3) is 0 Å². The van der Waals surface area contributed by atoms with Crippen LogP contribution in [0.4, 0.5) is 14.5 Å². The van der Waals surface area contributed by atoms with Gasteiger partial charge in [0.15, 0.2) is 0 Å². The summed E-state index contributed by atoms with van der Waals surface area (Å²) in [5.41, 5.74) is 0.105. The lowest BCUT2D eigenvalue weighted by molar-refractivity contribution is -0.126. The Kier molecular flexibility index (Phi) is 5.65. The molecule has 2 atom stereocenters. The largest absolute Gasteiger partial charge is 0.391 e. The van der Waals surface area contributed by atoms with E-state index in [1.54, 1.807) is 0 Å². The molecular formula is C16H20F2N2O3. The SMILES string of the molecule is CCCC(O)CNC(=O)C1CC(=O)N(c2cc(F)cc(F)c2)C1. The van der Waals surface area contributed by atoms with E-state index in [0.717, 1.165) is 24.6 Å². The smallest absolute Gasteiger partial charge is 0.227 e. The van der Waals surface area contributed by atoms with Crippen LogP contribution >= 0.6 is 0 Å². The molecule has 1 aliphatic rings. The number of nitrogens with one attached hydrogen (secondary N) is 1. The molecule has 1 fully saturated rings. The zero-order chi connectivity index (χ0) is 17.0. The maximum atomic E-state index is 13.3. The Balaban J connectivity index is 1.97. The normalized spacial score (nSPS) is 19.0. The molecule has 1 aliphatic heterocycles. The number of benzene rings is 1. The van der Waals surface area contributed by atoms with Crippen LogP contribution in [0, 0.1) is 17.6 Å². The molecule has 23 heavy (non-hydrogen) atoms. The van der Waals surface area contributed by atoms with Gasteiger partial charge in [0.25, 0.3) is 0 Å². The van der Waals surface area contributed by atoms with Crippen molar-refractivity contribution in [2.24, 2.45) is 5.92 Å². The quantitative estimate of drug-likeness (QED) is 0.834. The van der Waals surface area contributed by atoms with Crippen LogP contribution in [-0.4, -0.2) is 36.1 Å². The summed E-state index contributed by atoms with van der Waals surface area (Å²) in [5.74, 6) is -2.84. The topological polar surface area (TPSA) is 69.6 Å². The number of aliphatic hydroxyl groups is 1. The number of carbonyl (C=O) groups excluding carboxylic acids is 2. The first-order valence-corrected chi connectivity index (χ1v) is 7.63. The monoisotopic (exact) mass is 326 g/mol. The summed E-state index contributed by atoms with van der Waals surface area (Å²) in [4.78, 5) is 25.3.